The summed E-state index contributed by atoms with van der Waals surface area (Å²) < 4.78 is 67.0. The van der Waals surface area contributed by atoms with Gasteiger partial charge in [-0.3, -0.25) is 4.79 Å². The van der Waals surface area contributed by atoms with E-state index in [9.17, 15) is 31.5 Å². The Balaban J connectivity index is 1.60. The second-order valence-electron chi connectivity index (χ2n) is 8.97. The van der Waals surface area contributed by atoms with Crippen LogP contribution in [-0.2, 0) is 9.84 Å². The second-order valence-corrected chi connectivity index (χ2v) is 11.6. The second kappa shape index (κ2) is 8.92. The number of fused-ring (bicyclic) bond motifs is 2. The molecular formula is C23H23ClF3NO4S. The van der Waals surface area contributed by atoms with Crippen molar-refractivity contribution in [3.05, 3.63) is 58.4 Å². The number of hydrogen-bond donors (Lipinski definition) is 2. The molecule has 1 amide bonds. The van der Waals surface area contributed by atoms with Crippen LogP contribution in [0.3, 0.4) is 0 Å². The Hall–Kier alpha value is -2.10. The SMILES string of the molecule is C[C@H]1CC2C[C@H](S(=O)(=O)c3cc(C(=O)Nc4cc(F)c(F)c(F)c4)ccc3Cl)CC1[C@@H]2CO. The molecule has 0 spiro atoms. The fourth-order valence-corrected chi connectivity index (χ4v) is 7.83. The number of carbonyl (C=O) groups is 1. The van der Waals surface area contributed by atoms with Gasteiger partial charge in [0.2, 0.25) is 0 Å². The first kappa shape index (κ1) is 24.0. The highest BCUT2D eigenvalue weighted by Crippen LogP contribution is 2.52. The van der Waals surface area contributed by atoms with Crippen molar-refractivity contribution in [1.29, 1.82) is 0 Å². The van der Waals surface area contributed by atoms with Crippen LogP contribution < -0.4 is 5.32 Å². The Kier molecular flexibility index (Phi) is 6.50. The molecule has 2 aromatic carbocycles. The van der Waals surface area contributed by atoms with Crippen LogP contribution in [0, 0.1) is 41.1 Å². The molecule has 33 heavy (non-hydrogen) atoms. The summed E-state index contributed by atoms with van der Waals surface area (Å²) in [6.07, 6.45) is 1.68. The number of amides is 1. The van der Waals surface area contributed by atoms with E-state index in [-0.39, 0.29) is 45.5 Å². The molecule has 2 aliphatic carbocycles. The van der Waals surface area contributed by atoms with Crippen molar-refractivity contribution in [2.24, 2.45) is 23.7 Å². The first-order valence-corrected chi connectivity index (χ1v) is 12.6. The predicted molar refractivity (Wildman–Crippen MR) is 117 cm³/mol. The molecule has 4 rings (SSSR count). The number of benzene rings is 2. The summed E-state index contributed by atoms with van der Waals surface area (Å²) in [5.41, 5.74) is -0.396. The number of nitrogens with one attached hydrogen (secondary N) is 1. The van der Waals surface area contributed by atoms with Crippen LogP contribution in [0.2, 0.25) is 5.02 Å². The van der Waals surface area contributed by atoms with Gasteiger partial charge in [0, 0.05) is 30.0 Å². The third kappa shape index (κ3) is 4.38. The van der Waals surface area contributed by atoms with E-state index in [1.165, 1.54) is 12.1 Å². The van der Waals surface area contributed by atoms with Crippen LogP contribution in [-0.4, -0.2) is 31.3 Å². The number of carbonyl (C=O) groups excluding carboxylic acids is 1. The highest BCUT2D eigenvalue weighted by atomic mass is 35.5. The van der Waals surface area contributed by atoms with E-state index < -0.39 is 38.4 Å². The number of anilines is 1. The van der Waals surface area contributed by atoms with Crippen molar-refractivity contribution in [2.75, 3.05) is 11.9 Å². The summed E-state index contributed by atoms with van der Waals surface area (Å²) >= 11 is 6.21. The van der Waals surface area contributed by atoms with E-state index in [1.54, 1.807) is 0 Å². The zero-order valence-corrected chi connectivity index (χ0v) is 19.3. The van der Waals surface area contributed by atoms with Crippen LogP contribution in [0.25, 0.3) is 0 Å². The van der Waals surface area contributed by atoms with Crippen LogP contribution in [0.5, 0.6) is 0 Å². The quantitative estimate of drug-likeness (QED) is 0.575. The van der Waals surface area contributed by atoms with Gasteiger partial charge in [0.1, 0.15) is 0 Å². The molecule has 178 valence electrons. The first-order valence-electron chi connectivity index (χ1n) is 10.6. The molecule has 2 bridgehead atoms. The van der Waals surface area contributed by atoms with Crippen molar-refractivity contribution in [3.63, 3.8) is 0 Å². The van der Waals surface area contributed by atoms with Crippen molar-refractivity contribution in [1.82, 2.24) is 0 Å². The minimum atomic E-state index is -3.88. The summed E-state index contributed by atoms with van der Waals surface area (Å²) in [6, 6.07) is 4.97. The Morgan fingerprint density at radius 1 is 1.12 bits per heavy atom. The summed E-state index contributed by atoms with van der Waals surface area (Å²) in [7, 11) is -3.88. The fourth-order valence-electron chi connectivity index (χ4n) is 5.43. The highest BCUT2D eigenvalue weighted by Gasteiger charge is 2.49. The number of hydrogen-bond acceptors (Lipinski definition) is 4. The first-order chi connectivity index (χ1) is 15.5. The van der Waals surface area contributed by atoms with E-state index >= 15 is 0 Å². The maximum atomic E-state index is 13.5. The van der Waals surface area contributed by atoms with Gasteiger partial charge >= 0.3 is 0 Å². The van der Waals surface area contributed by atoms with E-state index in [0.29, 0.717) is 30.9 Å². The summed E-state index contributed by atoms with van der Waals surface area (Å²) in [4.78, 5) is 12.4. The maximum absolute atomic E-state index is 13.5. The zero-order chi connectivity index (χ0) is 24.1. The lowest BCUT2D eigenvalue weighted by Gasteiger charge is -2.34. The Morgan fingerprint density at radius 2 is 1.79 bits per heavy atom. The molecule has 0 heterocycles. The molecule has 5 atom stereocenters. The molecule has 0 aliphatic heterocycles. The van der Waals surface area contributed by atoms with Gasteiger partial charge in [-0.25, -0.2) is 21.6 Å². The number of rotatable bonds is 5. The third-order valence-corrected chi connectivity index (χ3v) is 9.71. The number of aliphatic hydroxyl groups is 1. The van der Waals surface area contributed by atoms with Crippen molar-refractivity contribution < 1.29 is 31.5 Å². The van der Waals surface area contributed by atoms with Crippen LogP contribution in [0.4, 0.5) is 18.9 Å². The minimum Gasteiger partial charge on any atom is -0.396 e. The van der Waals surface area contributed by atoms with Crippen LogP contribution in [0.1, 0.15) is 36.5 Å². The van der Waals surface area contributed by atoms with Crippen molar-refractivity contribution in [3.8, 4) is 0 Å². The molecule has 10 heteroatoms. The molecule has 0 radical (unpaired) electrons. The molecule has 2 saturated carbocycles. The van der Waals surface area contributed by atoms with E-state index in [0.717, 1.165) is 12.5 Å². The van der Waals surface area contributed by atoms with Gasteiger partial charge in [0.25, 0.3) is 5.91 Å². The Labute approximate surface area is 194 Å². The molecule has 2 unspecified atom stereocenters. The van der Waals surface area contributed by atoms with E-state index in [2.05, 4.69) is 12.2 Å². The van der Waals surface area contributed by atoms with Gasteiger partial charge in [-0.2, -0.15) is 0 Å². The normalized spacial score (nSPS) is 26.9. The zero-order valence-electron chi connectivity index (χ0n) is 17.7. The van der Waals surface area contributed by atoms with Gasteiger partial charge in [-0.15, -0.1) is 0 Å². The topological polar surface area (TPSA) is 83.5 Å². The Bertz CT molecular complexity index is 1180. The lowest BCUT2D eigenvalue weighted by molar-refractivity contribution is 0.102. The average molecular weight is 502 g/mol. The third-order valence-electron chi connectivity index (χ3n) is 7.05. The molecular weight excluding hydrogens is 479 g/mol. The minimum absolute atomic E-state index is 0.0323. The maximum Gasteiger partial charge on any atom is 0.255 e. The number of aliphatic hydroxyl groups excluding tert-OH is 1. The van der Waals surface area contributed by atoms with Crippen LogP contribution in [0.15, 0.2) is 35.2 Å². The predicted octanol–water partition coefficient (Wildman–Crippen LogP) is 4.83. The van der Waals surface area contributed by atoms with Gasteiger partial charge in [-0.1, -0.05) is 18.5 Å². The van der Waals surface area contributed by atoms with E-state index in [1.807, 2.05) is 0 Å². The molecule has 5 nitrogen and oxygen atoms in total. The largest absolute Gasteiger partial charge is 0.396 e. The molecule has 2 fully saturated rings. The molecule has 2 aliphatic rings. The lowest BCUT2D eigenvalue weighted by Crippen LogP contribution is -2.36. The summed E-state index contributed by atoms with van der Waals surface area (Å²) in [6.45, 7) is 2.11. The van der Waals surface area contributed by atoms with Gasteiger partial charge in [-0.05, 0) is 61.1 Å². The molecule has 0 saturated heterocycles. The van der Waals surface area contributed by atoms with Gasteiger partial charge in [0.15, 0.2) is 27.3 Å². The number of halogens is 4. The lowest BCUT2D eigenvalue weighted by atomic mass is 9.77. The van der Waals surface area contributed by atoms with Gasteiger partial charge < -0.3 is 10.4 Å². The van der Waals surface area contributed by atoms with Crippen molar-refractivity contribution in [2.45, 2.75) is 36.3 Å². The highest BCUT2D eigenvalue weighted by molar-refractivity contribution is 7.92. The Morgan fingerprint density at radius 3 is 2.39 bits per heavy atom. The molecule has 2 N–H and O–H groups in total. The summed E-state index contributed by atoms with van der Waals surface area (Å²) in [5.74, 6) is -4.80. The smallest absolute Gasteiger partial charge is 0.255 e. The average Bonchev–Trinajstić information content (AvgIpc) is 2.94. The van der Waals surface area contributed by atoms with Crippen molar-refractivity contribution >= 4 is 33.0 Å². The van der Waals surface area contributed by atoms with E-state index in [4.69, 9.17) is 11.6 Å². The van der Waals surface area contributed by atoms with Crippen LogP contribution >= 0.6 is 11.6 Å². The number of sulfone groups is 1. The van der Waals surface area contributed by atoms with Gasteiger partial charge in [0.05, 0.1) is 15.2 Å². The molecule has 0 aromatic heterocycles. The molecule has 2 aromatic rings. The standard InChI is InChI=1S/C23H23ClF3NO4S/c1-11-4-13-5-15(9-16(11)17(13)10-29)33(31,32)21-6-12(2-3-18(21)24)23(30)28-14-7-19(25)22(27)20(26)8-14/h2-3,6-8,11,13,15-17,29H,4-5,9-10H2,1H3,(H,28,30)/t11-,13?,15-,16?,17+/m0/s1. The summed E-state index contributed by atoms with van der Waals surface area (Å²) in [5, 5.41) is 11.2. The fraction of sp³-hybridized carbons (Fsp3) is 0.435. The monoisotopic (exact) mass is 501 g/mol.